The number of carbonyl (C=O) groups excluding carboxylic acids is 7. The van der Waals surface area contributed by atoms with E-state index in [0.717, 1.165) is 17.3 Å². The van der Waals surface area contributed by atoms with Gasteiger partial charge in [-0.25, -0.2) is 9.59 Å². The first kappa shape index (κ1) is 65.4. The maximum atomic E-state index is 15.3. The largest absolute Gasteiger partial charge is 0.493 e. The van der Waals surface area contributed by atoms with Crippen molar-refractivity contribution < 1.29 is 62.5 Å². The Morgan fingerprint density at radius 3 is 2.04 bits per heavy atom. The molecule has 6 rings (SSSR count). The Morgan fingerprint density at radius 1 is 0.812 bits per heavy atom. The number of likely N-dealkylation sites (N-methyl/N-ethyl adjacent to an activating group) is 1. The number of carbonyl (C=O) groups is 7. The zero-order valence-corrected chi connectivity index (χ0v) is 50.0. The number of alkyl carbamates (subject to hydrolysis) is 2. The van der Waals surface area contributed by atoms with Crippen molar-refractivity contribution in [2.24, 2.45) is 0 Å². The lowest BCUT2D eigenvalue weighted by atomic mass is 9.93. The average Bonchev–Trinajstić information content (AvgIpc) is 3.01. The van der Waals surface area contributed by atoms with Crippen LogP contribution in [0.3, 0.4) is 0 Å². The van der Waals surface area contributed by atoms with Crippen molar-refractivity contribution in [3.05, 3.63) is 129 Å². The van der Waals surface area contributed by atoms with Gasteiger partial charge in [-0.15, -0.1) is 0 Å². The van der Waals surface area contributed by atoms with Gasteiger partial charge in [-0.1, -0.05) is 48.0 Å². The average molecular weight is 1200 g/mol. The van der Waals surface area contributed by atoms with Gasteiger partial charge in [0.25, 0.3) is 5.91 Å². The molecule has 2 heterocycles. The van der Waals surface area contributed by atoms with Crippen LogP contribution in [0.1, 0.15) is 121 Å². The van der Waals surface area contributed by atoms with E-state index in [1.807, 2.05) is 12.1 Å². The van der Waals surface area contributed by atoms with Gasteiger partial charge in [-0.05, 0) is 152 Å². The number of nitrogens with zero attached hydrogens (tertiary/aromatic N) is 3. The summed E-state index contributed by atoms with van der Waals surface area (Å²) in [6, 6.07) is 17.0. The van der Waals surface area contributed by atoms with Gasteiger partial charge >= 0.3 is 17.9 Å². The molecule has 25 heteroatoms. The minimum atomic E-state index is -1.64. The number of amides is 7. The third-order valence-corrected chi connectivity index (χ3v) is 13.5. The van der Waals surface area contributed by atoms with E-state index in [2.05, 4.69) is 42.1 Å². The molecule has 8 N–H and O–H groups in total. The number of fused-ring (bicyclic) bond motifs is 5. The molecule has 0 fully saturated rings. The molecule has 1 unspecified atom stereocenters. The summed E-state index contributed by atoms with van der Waals surface area (Å²) in [5.74, 6) is -3.19. The number of unbranched alkanes of at least 4 members (excludes halogenated alkanes) is 1. The van der Waals surface area contributed by atoms with E-state index in [1.165, 1.54) is 25.8 Å². The molecule has 1 aliphatic rings. The highest BCUT2D eigenvalue weighted by Gasteiger charge is 2.37. The molecule has 5 aromatic rings. The first-order valence-corrected chi connectivity index (χ1v) is 28.2. The molecule has 24 nitrogen and oxygen atoms in total. The summed E-state index contributed by atoms with van der Waals surface area (Å²) in [6.07, 6.45) is -1.49. The first-order chi connectivity index (χ1) is 40.1. The molecule has 85 heavy (non-hydrogen) atoms. The number of H-pyrrole nitrogens is 1. The summed E-state index contributed by atoms with van der Waals surface area (Å²) < 4.78 is 23.3. The zero-order chi connectivity index (χ0) is 62.3. The van der Waals surface area contributed by atoms with E-state index >= 15 is 9.59 Å². The van der Waals surface area contributed by atoms with Gasteiger partial charge in [-0.3, -0.25) is 39.2 Å². The first-order valence-electron chi connectivity index (χ1n) is 27.8. The summed E-state index contributed by atoms with van der Waals surface area (Å²) in [4.78, 5) is 110. The normalized spacial score (nSPS) is 16.4. The van der Waals surface area contributed by atoms with Gasteiger partial charge in [0.2, 0.25) is 23.6 Å². The molecule has 456 valence electrons. The number of halogens is 1. The molecular weight excluding hydrogens is 1120 g/mol. The Bertz CT molecular complexity index is 3200. The van der Waals surface area contributed by atoms with Crippen LogP contribution >= 0.6 is 11.6 Å². The second kappa shape index (κ2) is 29.2. The van der Waals surface area contributed by atoms with E-state index in [-0.39, 0.29) is 61.7 Å². The molecule has 4 aromatic carbocycles. The lowest BCUT2D eigenvalue weighted by Gasteiger charge is -2.33. The summed E-state index contributed by atoms with van der Waals surface area (Å²) in [5.41, 5.74) is 1.06. The Hall–Kier alpha value is -8.77. The fourth-order valence-corrected chi connectivity index (χ4v) is 9.27. The van der Waals surface area contributed by atoms with Crippen LogP contribution in [-0.4, -0.2) is 136 Å². The van der Waals surface area contributed by atoms with E-state index in [1.54, 1.807) is 121 Å². The topological polar surface area (TPSA) is 324 Å². The molecule has 1 aliphatic heterocycles. The van der Waals surface area contributed by atoms with Crippen molar-refractivity contribution in [2.45, 2.75) is 136 Å². The second-order valence-corrected chi connectivity index (χ2v) is 22.8. The fourth-order valence-electron chi connectivity index (χ4n) is 9.14. The number of nitro groups is 1. The van der Waals surface area contributed by atoms with Crippen molar-refractivity contribution in [1.29, 1.82) is 0 Å². The SMILES string of the molecule is CCOc1ccc2cc1-c1cc(ccc1OCCNC(=O)OC(C)(C)C)C[C@@H](C(=O)N[C@@H](C)C(O)c1[nH]ncc1[N+](=O)[O-])NC(=O)[C@H](C)NC(=O)[C@H]2N(C)C(=O)[C@H](CCCCNC(=O)OC(C)(C)C)NC(=O)c1ccc(-c2ccc(Cl)cc2)cc1. The van der Waals surface area contributed by atoms with E-state index in [4.69, 9.17) is 30.5 Å². The van der Waals surface area contributed by atoms with Crippen molar-refractivity contribution >= 4 is 59.0 Å². The Balaban J connectivity index is 1.40. The quantitative estimate of drug-likeness (QED) is 0.0202. The molecule has 0 saturated heterocycles. The number of rotatable bonds is 21. The highest BCUT2D eigenvalue weighted by Crippen LogP contribution is 2.40. The van der Waals surface area contributed by atoms with Crippen molar-refractivity contribution in [3.63, 3.8) is 0 Å². The highest BCUT2D eigenvalue weighted by molar-refractivity contribution is 6.30. The predicted octanol–water partition coefficient (Wildman–Crippen LogP) is 7.38. The number of aliphatic hydroxyl groups is 1. The van der Waals surface area contributed by atoms with Crippen LogP contribution in [0.2, 0.25) is 5.02 Å². The van der Waals surface area contributed by atoms with Crippen molar-refractivity contribution in [2.75, 3.05) is 33.4 Å². The van der Waals surface area contributed by atoms with E-state index in [9.17, 15) is 39.2 Å². The minimum Gasteiger partial charge on any atom is -0.493 e. The minimum absolute atomic E-state index is 0.00842. The summed E-state index contributed by atoms with van der Waals surface area (Å²) in [7, 11) is 1.39. The molecule has 0 radical (unpaired) electrons. The van der Waals surface area contributed by atoms with Gasteiger partial charge in [0.1, 0.15) is 71.5 Å². The number of aromatic nitrogens is 2. The second-order valence-electron chi connectivity index (χ2n) is 22.3. The fraction of sp³-hybridized carbons (Fsp3) is 0.433. The van der Waals surface area contributed by atoms with Crippen molar-refractivity contribution in [3.8, 4) is 33.8 Å². The Kier molecular flexibility index (Phi) is 22.4. The molecular formula is C60H75ClN10O14. The molecule has 7 amide bonds. The maximum absolute atomic E-state index is 15.3. The van der Waals surface area contributed by atoms with Crippen LogP contribution in [0.5, 0.6) is 11.5 Å². The van der Waals surface area contributed by atoms with Gasteiger partial charge in [0, 0.05) is 41.7 Å². The number of nitrogens with one attached hydrogen (secondary N) is 7. The molecule has 4 bridgehead atoms. The lowest BCUT2D eigenvalue weighted by Crippen LogP contribution is -2.56. The van der Waals surface area contributed by atoms with Crippen LogP contribution in [0, 0.1) is 10.1 Å². The number of aromatic amines is 1. The molecule has 6 atom stereocenters. The third-order valence-electron chi connectivity index (χ3n) is 13.3. The molecule has 1 aromatic heterocycles. The molecule has 0 spiro atoms. The number of hydrogen-bond acceptors (Lipinski definition) is 15. The maximum Gasteiger partial charge on any atom is 0.407 e. The van der Waals surface area contributed by atoms with Gasteiger partial charge in [0.15, 0.2) is 0 Å². The standard InChI is InChI=1S/C60H75ClN10O14/c1-11-82-47-26-22-40-32-43(47)42-30-36(15-25-48(42)83-29-28-63-58(79)85-60(7,8)9)31-45(54(75)65-34(2)51(72)49-46(71(80)81)33-64-69-49)68-52(73)35(3)66-55(76)50(40)70(10)56(77)44(14-12-13-27-62-57(78)84-59(4,5)6)67-53(74)39-18-16-37(17-19-39)38-20-23-41(61)24-21-38/h15-26,30,32-35,44-45,50-51,72H,11-14,27-29,31H2,1-10H3,(H,62,78)(H,63,79)(H,64,69)(H,65,75)(H,66,76)(H,67,74)(H,68,73)/t34-,35-,44-,45-,50-,51?/m0/s1. The number of benzene rings is 4. The smallest absolute Gasteiger partial charge is 0.407 e. The summed E-state index contributed by atoms with van der Waals surface area (Å²) >= 11 is 6.12. The Labute approximate surface area is 497 Å². The van der Waals surface area contributed by atoms with Gasteiger partial charge < -0.3 is 60.9 Å². The number of ether oxygens (including phenoxy) is 4. The van der Waals surface area contributed by atoms with Gasteiger partial charge in [0.05, 0.1) is 24.1 Å². The van der Waals surface area contributed by atoms with Crippen LogP contribution in [0.4, 0.5) is 15.3 Å². The monoisotopic (exact) mass is 1190 g/mol. The Morgan fingerprint density at radius 2 is 1.41 bits per heavy atom. The highest BCUT2D eigenvalue weighted by atomic mass is 35.5. The van der Waals surface area contributed by atoms with E-state index < -0.39 is 99.8 Å². The van der Waals surface area contributed by atoms with Crippen LogP contribution < -0.4 is 41.4 Å². The zero-order valence-electron chi connectivity index (χ0n) is 49.3. The van der Waals surface area contributed by atoms with Crippen LogP contribution in [0.25, 0.3) is 22.3 Å². The third kappa shape index (κ3) is 18.6. The molecule has 0 aliphatic carbocycles. The lowest BCUT2D eigenvalue weighted by molar-refractivity contribution is -0.386. The summed E-state index contributed by atoms with van der Waals surface area (Å²) in [6.45, 7) is 15.2. The van der Waals surface area contributed by atoms with E-state index in [0.29, 0.717) is 40.3 Å². The number of hydrogen-bond donors (Lipinski definition) is 8. The van der Waals surface area contributed by atoms with Crippen LogP contribution in [0.15, 0.2) is 91.1 Å². The van der Waals surface area contributed by atoms with Gasteiger partial charge in [-0.2, -0.15) is 5.10 Å². The summed E-state index contributed by atoms with van der Waals surface area (Å²) in [5, 5.41) is 45.9. The van der Waals surface area contributed by atoms with Crippen molar-refractivity contribution in [1.82, 2.24) is 47.0 Å². The van der Waals surface area contributed by atoms with Crippen LogP contribution in [-0.2, 0) is 35.1 Å². The predicted molar refractivity (Wildman–Crippen MR) is 316 cm³/mol. The number of aliphatic hydroxyl groups excluding tert-OH is 1. The molecule has 0 saturated carbocycles.